The summed E-state index contributed by atoms with van der Waals surface area (Å²) in [5.74, 6) is 0.830. The molecule has 0 fully saturated rings. The molecule has 2 atom stereocenters. The molecule has 0 aromatic rings. The molecule has 0 N–H and O–H groups in total. The van der Waals surface area contributed by atoms with E-state index in [9.17, 15) is 14.4 Å². The molecule has 0 aromatic carbocycles. The van der Waals surface area contributed by atoms with Gasteiger partial charge in [-0.25, -0.2) is 0 Å². The molecule has 52 heavy (non-hydrogen) atoms. The van der Waals surface area contributed by atoms with Gasteiger partial charge in [0.1, 0.15) is 13.2 Å². The van der Waals surface area contributed by atoms with Gasteiger partial charge in [0.05, 0.1) is 0 Å². The van der Waals surface area contributed by atoms with Gasteiger partial charge in [-0.15, -0.1) is 0 Å². The van der Waals surface area contributed by atoms with Crippen molar-refractivity contribution in [2.24, 2.45) is 11.8 Å². The normalized spacial score (nSPS) is 12.6. The molecule has 0 heterocycles. The average molecular weight is 737 g/mol. The van der Waals surface area contributed by atoms with E-state index in [4.69, 9.17) is 14.2 Å². The van der Waals surface area contributed by atoms with Gasteiger partial charge in [0.15, 0.2) is 6.10 Å². The van der Waals surface area contributed by atoms with Crippen LogP contribution in [0.3, 0.4) is 0 Å². The number of ether oxygens (including phenoxy) is 3. The topological polar surface area (TPSA) is 78.9 Å². The number of carbonyl (C=O) groups is 3. The van der Waals surface area contributed by atoms with E-state index in [1.165, 1.54) is 128 Å². The molecule has 0 aliphatic rings. The maximum Gasteiger partial charge on any atom is 0.306 e. The van der Waals surface area contributed by atoms with Crippen LogP contribution in [0.2, 0.25) is 0 Å². The lowest BCUT2D eigenvalue weighted by Crippen LogP contribution is -2.30. The monoisotopic (exact) mass is 737 g/mol. The van der Waals surface area contributed by atoms with Gasteiger partial charge in [0, 0.05) is 19.3 Å². The Hall–Kier alpha value is -1.59. The molecule has 6 heteroatoms. The summed E-state index contributed by atoms with van der Waals surface area (Å²) in [6.45, 7) is 11.3. The minimum absolute atomic E-state index is 0.0658. The third kappa shape index (κ3) is 38.1. The van der Waals surface area contributed by atoms with Crippen molar-refractivity contribution in [2.75, 3.05) is 13.2 Å². The van der Waals surface area contributed by atoms with Gasteiger partial charge in [-0.05, 0) is 31.1 Å². The van der Waals surface area contributed by atoms with E-state index >= 15 is 0 Å². The summed E-state index contributed by atoms with van der Waals surface area (Å²) in [4.78, 5) is 37.5. The second-order valence-electron chi connectivity index (χ2n) is 16.4. The van der Waals surface area contributed by atoms with Crippen LogP contribution in [0, 0.1) is 11.8 Å². The van der Waals surface area contributed by atoms with Crippen molar-refractivity contribution < 1.29 is 28.6 Å². The Morgan fingerprint density at radius 1 is 0.404 bits per heavy atom. The predicted octanol–water partition coefficient (Wildman–Crippen LogP) is 14.2. The molecule has 0 saturated carbocycles. The zero-order chi connectivity index (χ0) is 38.3. The van der Waals surface area contributed by atoms with Crippen molar-refractivity contribution in [1.29, 1.82) is 0 Å². The Labute approximate surface area is 323 Å². The predicted molar refractivity (Wildman–Crippen MR) is 220 cm³/mol. The van der Waals surface area contributed by atoms with Gasteiger partial charge in [-0.3, -0.25) is 14.4 Å². The molecule has 308 valence electrons. The van der Waals surface area contributed by atoms with Crippen molar-refractivity contribution in [2.45, 2.75) is 253 Å². The van der Waals surface area contributed by atoms with Gasteiger partial charge < -0.3 is 14.2 Å². The number of hydrogen-bond donors (Lipinski definition) is 0. The first-order valence-electron chi connectivity index (χ1n) is 22.8. The molecule has 0 spiro atoms. The van der Waals surface area contributed by atoms with Gasteiger partial charge >= 0.3 is 17.9 Å². The van der Waals surface area contributed by atoms with Crippen molar-refractivity contribution in [3.05, 3.63) is 0 Å². The highest BCUT2D eigenvalue weighted by molar-refractivity contribution is 5.71. The third-order valence-electron chi connectivity index (χ3n) is 10.6. The maximum absolute atomic E-state index is 12.7. The number of esters is 3. The molecule has 0 amide bonds. The van der Waals surface area contributed by atoms with Crippen molar-refractivity contribution in [1.82, 2.24) is 0 Å². The van der Waals surface area contributed by atoms with Gasteiger partial charge in [-0.1, -0.05) is 208 Å². The molecule has 0 rings (SSSR count). The van der Waals surface area contributed by atoms with E-state index < -0.39 is 6.10 Å². The molecular formula is C46H88O6. The first-order valence-corrected chi connectivity index (χ1v) is 22.8. The standard InChI is InChI=1S/C46H88O6/c1-6-8-9-24-31-36-44(47)50-39-43(52-46(49)38-33-28-23-19-15-14-17-21-26-30-35-42(5)7-2)40-51-45(48)37-32-27-22-18-13-11-10-12-16-20-25-29-34-41(3)4/h41-43H,6-40H2,1-5H3/t42?,43-/m1/s1. The van der Waals surface area contributed by atoms with Crippen LogP contribution in [-0.2, 0) is 28.6 Å². The maximum atomic E-state index is 12.7. The van der Waals surface area contributed by atoms with Crippen LogP contribution in [0.1, 0.15) is 247 Å². The molecule has 0 aromatic heterocycles. The highest BCUT2D eigenvalue weighted by atomic mass is 16.6. The first kappa shape index (κ1) is 50.4. The summed E-state index contributed by atoms with van der Waals surface area (Å²) in [7, 11) is 0. The van der Waals surface area contributed by atoms with Crippen LogP contribution in [0.15, 0.2) is 0 Å². The van der Waals surface area contributed by atoms with Crippen molar-refractivity contribution in [3.8, 4) is 0 Å². The van der Waals surface area contributed by atoms with E-state index in [1.54, 1.807) is 0 Å². The molecule has 6 nitrogen and oxygen atoms in total. The Bertz CT molecular complexity index is 796. The summed E-state index contributed by atoms with van der Waals surface area (Å²) in [5.41, 5.74) is 0. The largest absolute Gasteiger partial charge is 0.462 e. The van der Waals surface area contributed by atoms with Crippen LogP contribution in [0.4, 0.5) is 0 Å². The minimum Gasteiger partial charge on any atom is -0.462 e. The summed E-state index contributed by atoms with van der Waals surface area (Å²) >= 11 is 0. The number of unbranched alkanes of at least 4 members (excludes halogenated alkanes) is 24. The molecular weight excluding hydrogens is 649 g/mol. The van der Waals surface area contributed by atoms with Gasteiger partial charge in [0.2, 0.25) is 0 Å². The van der Waals surface area contributed by atoms with E-state index in [-0.39, 0.29) is 31.1 Å². The highest BCUT2D eigenvalue weighted by Crippen LogP contribution is 2.17. The summed E-state index contributed by atoms with van der Waals surface area (Å²) in [6.07, 6.45) is 36.8. The van der Waals surface area contributed by atoms with E-state index in [1.807, 2.05) is 0 Å². The molecule has 0 saturated heterocycles. The first-order chi connectivity index (χ1) is 25.3. The smallest absolute Gasteiger partial charge is 0.306 e. The molecule has 0 bridgehead atoms. The third-order valence-corrected chi connectivity index (χ3v) is 10.6. The van der Waals surface area contributed by atoms with Crippen LogP contribution in [-0.4, -0.2) is 37.2 Å². The number of hydrogen-bond acceptors (Lipinski definition) is 6. The zero-order valence-corrected chi connectivity index (χ0v) is 35.4. The van der Waals surface area contributed by atoms with Crippen LogP contribution < -0.4 is 0 Å². The zero-order valence-electron chi connectivity index (χ0n) is 35.4. The van der Waals surface area contributed by atoms with Gasteiger partial charge in [0.25, 0.3) is 0 Å². The van der Waals surface area contributed by atoms with Crippen molar-refractivity contribution in [3.63, 3.8) is 0 Å². The summed E-state index contributed by atoms with van der Waals surface area (Å²) in [6, 6.07) is 0. The second kappa shape index (κ2) is 39.1. The van der Waals surface area contributed by atoms with Crippen molar-refractivity contribution >= 4 is 17.9 Å². The SMILES string of the molecule is CCCCCCCC(=O)OC[C@H](COC(=O)CCCCCCCCCCCCCCC(C)C)OC(=O)CCCCCCCCCCCCC(C)CC. The number of rotatable bonds is 40. The average Bonchev–Trinajstić information content (AvgIpc) is 3.12. The number of carbonyl (C=O) groups excluding carboxylic acids is 3. The fourth-order valence-electron chi connectivity index (χ4n) is 6.72. The lowest BCUT2D eigenvalue weighted by atomic mass is 9.99. The Morgan fingerprint density at radius 2 is 0.731 bits per heavy atom. The second-order valence-corrected chi connectivity index (χ2v) is 16.4. The Morgan fingerprint density at radius 3 is 1.10 bits per heavy atom. The molecule has 0 aliphatic carbocycles. The van der Waals surface area contributed by atoms with E-state index in [2.05, 4.69) is 34.6 Å². The molecule has 1 unspecified atom stereocenters. The van der Waals surface area contributed by atoms with E-state index in [0.717, 1.165) is 76.0 Å². The van der Waals surface area contributed by atoms with Gasteiger partial charge in [-0.2, -0.15) is 0 Å². The quantitative estimate of drug-likeness (QED) is 0.0354. The summed E-state index contributed by atoms with van der Waals surface area (Å²) < 4.78 is 16.6. The highest BCUT2D eigenvalue weighted by Gasteiger charge is 2.19. The lowest BCUT2D eigenvalue weighted by molar-refractivity contribution is -0.167. The fourth-order valence-corrected chi connectivity index (χ4v) is 6.72. The fraction of sp³-hybridized carbons (Fsp3) is 0.935. The van der Waals surface area contributed by atoms with Crippen LogP contribution >= 0.6 is 0 Å². The minimum atomic E-state index is -0.759. The lowest BCUT2D eigenvalue weighted by Gasteiger charge is -2.18. The van der Waals surface area contributed by atoms with Crippen LogP contribution in [0.5, 0.6) is 0 Å². The Kier molecular flexibility index (Phi) is 37.9. The molecule has 0 aliphatic heterocycles. The Balaban J connectivity index is 4.19. The van der Waals surface area contributed by atoms with E-state index in [0.29, 0.717) is 19.3 Å². The van der Waals surface area contributed by atoms with Crippen LogP contribution in [0.25, 0.3) is 0 Å². The summed E-state index contributed by atoms with van der Waals surface area (Å²) in [5, 5.41) is 0. The molecule has 0 radical (unpaired) electrons.